The summed E-state index contributed by atoms with van der Waals surface area (Å²) in [5.74, 6) is -0.104. The van der Waals surface area contributed by atoms with Gasteiger partial charge >= 0.3 is 0 Å². The third-order valence-corrected chi connectivity index (χ3v) is 4.75. The van der Waals surface area contributed by atoms with E-state index in [0.29, 0.717) is 0 Å². The standard InChI is InChI=1S/C16H18N2O2S/c1-16(11-5-3-2-4-6-11)9-12(19)18(15(16)20)13(14(17)21)10-7-8-10/h2-6,10,13H,7-9H2,1H3,(H2,17,21). The minimum Gasteiger partial charge on any atom is -0.392 e. The number of nitrogens with zero attached hydrogens (tertiary/aromatic N) is 1. The van der Waals surface area contributed by atoms with Gasteiger partial charge in [0, 0.05) is 6.42 Å². The van der Waals surface area contributed by atoms with Crippen LogP contribution in [0.25, 0.3) is 0 Å². The number of benzene rings is 1. The average molecular weight is 302 g/mol. The smallest absolute Gasteiger partial charge is 0.240 e. The van der Waals surface area contributed by atoms with Crippen LogP contribution in [-0.4, -0.2) is 27.7 Å². The van der Waals surface area contributed by atoms with E-state index in [-0.39, 0.29) is 29.1 Å². The number of hydrogen-bond donors (Lipinski definition) is 1. The van der Waals surface area contributed by atoms with Gasteiger partial charge in [-0.1, -0.05) is 42.5 Å². The molecule has 2 fully saturated rings. The van der Waals surface area contributed by atoms with Crippen LogP contribution in [-0.2, 0) is 15.0 Å². The van der Waals surface area contributed by atoms with Gasteiger partial charge in [0.25, 0.3) is 0 Å². The van der Waals surface area contributed by atoms with E-state index in [1.807, 2.05) is 37.3 Å². The number of rotatable bonds is 4. The predicted octanol–water partition coefficient (Wildman–Crippen LogP) is 1.77. The van der Waals surface area contributed by atoms with Crippen molar-refractivity contribution in [1.29, 1.82) is 0 Å². The van der Waals surface area contributed by atoms with Gasteiger partial charge in [-0.25, -0.2) is 0 Å². The Labute approximate surface area is 129 Å². The minimum absolute atomic E-state index is 0.170. The minimum atomic E-state index is -0.809. The van der Waals surface area contributed by atoms with Crippen molar-refractivity contribution in [3.8, 4) is 0 Å². The van der Waals surface area contributed by atoms with Gasteiger partial charge in [0.1, 0.15) is 0 Å². The summed E-state index contributed by atoms with van der Waals surface area (Å²) >= 11 is 5.10. The average Bonchev–Trinajstić information content (AvgIpc) is 3.24. The van der Waals surface area contributed by atoms with Crippen LogP contribution in [0.5, 0.6) is 0 Å². The summed E-state index contributed by atoms with van der Waals surface area (Å²) in [5, 5.41) is 0. The lowest BCUT2D eigenvalue weighted by Crippen LogP contribution is -2.50. The van der Waals surface area contributed by atoms with Crippen LogP contribution >= 0.6 is 12.2 Å². The molecule has 0 bridgehead atoms. The molecule has 1 aromatic carbocycles. The van der Waals surface area contributed by atoms with Gasteiger partial charge in [-0.3, -0.25) is 14.5 Å². The molecule has 0 aromatic heterocycles. The molecule has 4 nitrogen and oxygen atoms in total. The fourth-order valence-corrected chi connectivity index (χ4v) is 3.44. The summed E-state index contributed by atoms with van der Waals surface area (Å²) in [4.78, 5) is 26.9. The molecule has 3 rings (SSSR count). The number of likely N-dealkylation sites (tertiary alicyclic amines) is 1. The quantitative estimate of drug-likeness (QED) is 0.680. The first-order valence-electron chi connectivity index (χ1n) is 7.16. The largest absolute Gasteiger partial charge is 0.392 e. The molecular formula is C16H18N2O2S. The van der Waals surface area contributed by atoms with E-state index < -0.39 is 11.5 Å². The molecule has 1 aromatic rings. The molecule has 1 aliphatic heterocycles. The van der Waals surface area contributed by atoms with Crippen LogP contribution < -0.4 is 5.73 Å². The van der Waals surface area contributed by atoms with Crippen molar-refractivity contribution in [1.82, 2.24) is 4.90 Å². The highest BCUT2D eigenvalue weighted by Gasteiger charge is 2.54. The molecule has 21 heavy (non-hydrogen) atoms. The van der Waals surface area contributed by atoms with Gasteiger partial charge < -0.3 is 5.73 Å². The second kappa shape index (κ2) is 4.91. The van der Waals surface area contributed by atoms with Gasteiger partial charge in [0.15, 0.2) is 0 Å². The number of hydrogen-bond acceptors (Lipinski definition) is 3. The van der Waals surface area contributed by atoms with Crippen LogP contribution in [0.2, 0.25) is 0 Å². The molecule has 2 amide bonds. The maximum absolute atomic E-state index is 12.9. The third-order valence-electron chi connectivity index (χ3n) is 4.51. The van der Waals surface area contributed by atoms with E-state index in [1.165, 1.54) is 4.90 Å². The lowest BCUT2D eigenvalue weighted by molar-refractivity contribution is -0.141. The Kier molecular flexibility index (Phi) is 3.32. The summed E-state index contributed by atoms with van der Waals surface area (Å²) in [7, 11) is 0. The molecule has 2 aliphatic rings. The summed E-state index contributed by atoms with van der Waals surface area (Å²) in [6.07, 6.45) is 2.13. The molecule has 1 aliphatic carbocycles. The van der Waals surface area contributed by atoms with Gasteiger partial charge in [-0.05, 0) is 31.2 Å². The van der Waals surface area contributed by atoms with Crippen molar-refractivity contribution in [3.63, 3.8) is 0 Å². The highest BCUT2D eigenvalue weighted by Crippen LogP contribution is 2.42. The highest BCUT2D eigenvalue weighted by molar-refractivity contribution is 7.80. The fourth-order valence-electron chi connectivity index (χ4n) is 3.14. The van der Waals surface area contributed by atoms with E-state index in [9.17, 15) is 9.59 Å². The maximum atomic E-state index is 12.9. The Hall–Kier alpha value is -1.75. The molecular weight excluding hydrogens is 284 g/mol. The first-order valence-corrected chi connectivity index (χ1v) is 7.57. The van der Waals surface area contributed by atoms with Crippen molar-refractivity contribution < 1.29 is 9.59 Å². The number of carbonyl (C=O) groups excluding carboxylic acids is 2. The topological polar surface area (TPSA) is 63.4 Å². The summed E-state index contributed by atoms with van der Waals surface area (Å²) in [5.41, 5.74) is 5.85. The van der Waals surface area contributed by atoms with Gasteiger partial charge in [0.2, 0.25) is 11.8 Å². The van der Waals surface area contributed by atoms with Crippen molar-refractivity contribution in [2.24, 2.45) is 11.7 Å². The number of thiocarbonyl (C=S) groups is 1. The van der Waals surface area contributed by atoms with Crippen LogP contribution in [0.4, 0.5) is 0 Å². The molecule has 1 saturated carbocycles. The summed E-state index contributed by atoms with van der Waals surface area (Å²) < 4.78 is 0. The maximum Gasteiger partial charge on any atom is 0.240 e. The molecule has 2 N–H and O–H groups in total. The Balaban J connectivity index is 1.97. The van der Waals surface area contributed by atoms with Crippen molar-refractivity contribution in [2.75, 3.05) is 0 Å². The zero-order valence-electron chi connectivity index (χ0n) is 11.9. The van der Waals surface area contributed by atoms with Crippen molar-refractivity contribution >= 4 is 29.0 Å². The second-order valence-electron chi connectivity index (χ2n) is 6.13. The molecule has 1 saturated heterocycles. The Morgan fingerprint density at radius 3 is 2.48 bits per heavy atom. The SMILES string of the molecule is CC1(c2ccccc2)CC(=O)N(C(C(N)=S)C2CC2)C1=O. The van der Waals surface area contributed by atoms with Crippen LogP contribution in [0.1, 0.15) is 31.7 Å². The van der Waals surface area contributed by atoms with Gasteiger partial charge in [-0.2, -0.15) is 0 Å². The first-order chi connectivity index (χ1) is 9.95. The molecule has 2 atom stereocenters. The molecule has 1 heterocycles. The third kappa shape index (κ3) is 2.25. The lowest BCUT2D eigenvalue weighted by atomic mass is 9.81. The lowest BCUT2D eigenvalue weighted by Gasteiger charge is -2.28. The van der Waals surface area contributed by atoms with Gasteiger partial charge in [0.05, 0.1) is 16.4 Å². The summed E-state index contributed by atoms with van der Waals surface area (Å²) in [6, 6.07) is 9.03. The number of imide groups is 1. The number of amides is 2. The Morgan fingerprint density at radius 1 is 1.33 bits per heavy atom. The van der Waals surface area contributed by atoms with Gasteiger partial charge in [-0.15, -0.1) is 0 Å². The first kappa shape index (κ1) is 14.2. The van der Waals surface area contributed by atoms with Crippen LogP contribution in [0.15, 0.2) is 30.3 Å². The van der Waals surface area contributed by atoms with Crippen LogP contribution in [0.3, 0.4) is 0 Å². The second-order valence-corrected chi connectivity index (χ2v) is 6.60. The molecule has 5 heteroatoms. The predicted molar refractivity (Wildman–Crippen MR) is 83.6 cm³/mol. The van der Waals surface area contributed by atoms with E-state index in [1.54, 1.807) is 0 Å². The highest BCUT2D eigenvalue weighted by atomic mass is 32.1. The normalized spacial score (nSPS) is 27.0. The molecule has 110 valence electrons. The molecule has 0 radical (unpaired) electrons. The Morgan fingerprint density at radius 2 is 1.95 bits per heavy atom. The summed E-state index contributed by atoms with van der Waals surface area (Å²) in [6.45, 7) is 1.83. The van der Waals surface area contributed by atoms with Crippen LogP contribution in [0, 0.1) is 5.92 Å². The van der Waals surface area contributed by atoms with E-state index in [4.69, 9.17) is 18.0 Å². The van der Waals surface area contributed by atoms with E-state index in [2.05, 4.69) is 0 Å². The molecule has 0 spiro atoms. The number of nitrogens with two attached hydrogens (primary N) is 1. The van der Waals surface area contributed by atoms with E-state index in [0.717, 1.165) is 18.4 Å². The number of carbonyl (C=O) groups is 2. The zero-order valence-corrected chi connectivity index (χ0v) is 12.7. The fraction of sp³-hybridized carbons (Fsp3) is 0.438. The zero-order chi connectivity index (χ0) is 15.2. The monoisotopic (exact) mass is 302 g/mol. The van der Waals surface area contributed by atoms with Crippen molar-refractivity contribution in [3.05, 3.63) is 35.9 Å². The van der Waals surface area contributed by atoms with Crippen molar-refractivity contribution in [2.45, 2.75) is 37.6 Å². The Bertz CT molecular complexity index is 612. The molecule has 2 unspecified atom stereocenters. The van der Waals surface area contributed by atoms with E-state index >= 15 is 0 Å².